The molecule has 1 aliphatic heterocycles. The van der Waals surface area contributed by atoms with Crippen LogP contribution in [0.2, 0.25) is 0 Å². The van der Waals surface area contributed by atoms with E-state index in [0.29, 0.717) is 21.0 Å². The van der Waals surface area contributed by atoms with Crippen molar-refractivity contribution >= 4 is 51.6 Å². The number of halogens is 2. The zero-order valence-electron chi connectivity index (χ0n) is 21.5. The van der Waals surface area contributed by atoms with Crippen LogP contribution in [0.25, 0.3) is 9.75 Å². The molecular formula is C24H15F2N3O4S2. The summed E-state index contributed by atoms with van der Waals surface area (Å²) in [6, 6.07) is 2.93. The zero-order chi connectivity index (χ0) is 28.2. The summed E-state index contributed by atoms with van der Waals surface area (Å²) in [7, 11) is 0. The predicted octanol–water partition coefficient (Wildman–Crippen LogP) is 6.12. The minimum Gasteiger partial charge on any atom is -0.316 e. The van der Waals surface area contributed by atoms with Crippen LogP contribution >= 0.6 is 22.7 Å². The smallest absolute Gasteiger partial charge is 0.269 e. The van der Waals surface area contributed by atoms with Crippen LogP contribution in [0.4, 0.5) is 25.8 Å². The normalized spacial score (nSPS) is 14.1. The molecule has 5 rings (SSSR count). The van der Waals surface area contributed by atoms with Gasteiger partial charge < -0.3 is 10.2 Å². The van der Waals surface area contributed by atoms with E-state index in [0.717, 1.165) is 23.5 Å². The number of hydrogen-bond donors (Lipinski definition) is 1. The van der Waals surface area contributed by atoms with Gasteiger partial charge in [-0.3, -0.25) is 19.7 Å². The van der Waals surface area contributed by atoms with Gasteiger partial charge in [0.25, 0.3) is 17.5 Å². The highest BCUT2D eigenvalue weighted by atomic mass is 32.1. The summed E-state index contributed by atoms with van der Waals surface area (Å²) in [5, 5.41) is 15.2. The molecule has 0 saturated carbocycles. The Balaban J connectivity index is 1.51. The van der Waals surface area contributed by atoms with Crippen molar-refractivity contribution in [1.82, 2.24) is 0 Å². The largest absolute Gasteiger partial charge is 0.316 e. The number of nitro benzene ring substituents is 1. The summed E-state index contributed by atoms with van der Waals surface area (Å²) in [6.07, 6.45) is 0.232. The highest BCUT2D eigenvalue weighted by Crippen LogP contribution is 2.45. The third-order valence-corrected chi connectivity index (χ3v) is 7.48. The first-order valence-corrected chi connectivity index (χ1v) is 11.7. The maximum absolute atomic E-state index is 14.0. The molecule has 0 aliphatic carbocycles. The van der Waals surface area contributed by atoms with Crippen LogP contribution < -0.4 is 10.2 Å². The third-order valence-electron chi connectivity index (χ3n) is 5.23. The molecule has 176 valence electrons. The number of para-hydroxylation sites is 1. The first-order chi connectivity index (χ1) is 18.5. The average molecular weight is 516 g/mol. The number of nitro groups is 1. The molecular weight excluding hydrogens is 496 g/mol. The van der Waals surface area contributed by atoms with E-state index in [4.69, 9.17) is 5.48 Å². The molecule has 2 aromatic heterocycles. The molecule has 0 bridgehead atoms. The molecule has 11 heteroatoms. The van der Waals surface area contributed by atoms with Crippen molar-refractivity contribution in [2.45, 2.75) is 6.42 Å². The number of hydrogen-bond acceptors (Lipinski definition) is 6. The third kappa shape index (κ3) is 4.19. The number of rotatable bonds is 4. The second kappa shape index (κ2) is 9.01. The zero-order valence-corrected chi connectivity index (χ0v) is 19.1. The molecule has 2 amide bonds. The number of carbonyl (C=O) groups is 2. The Morgan fingerprint density at radius 1 is 1.11 bits per heavy atom. The quantitative estimate of drug-likeness (QED) is 0.262. The Labute approximate surface area is 211 Å². The average Bonchev–Trinajstić information content (AvgIpc) is 3.50. The monoisotopic (exact) mass is 515 g/mol. The Morgan fingerprint density at radius 3 is 2.51 bits per heavy atom. The second-order valence-electron chi connectivity index (χ2n) is 7.34. The van der Waals surface area contributed by atoms with E-state index in [1.165, 1.54) is 22.3 Å². The van der Waals surface area contributed by atoms with Crippen molar-refractivity contribution < 1.29 is 28.8 Å². The lowest BCUT2D eigenvalue weighted by molar-refractivity contribution is -0.384. The highest BCUT2D eigenvalue weighted by molar-refractivity contribution is 7.23. The SMILES string of the molecule is [2H]c1c([2H])c([N+](=O)[O-])c([2H])c([2H])c1C(=O)N1CCc2cc(C(=O)Nc3c(F)cccc3F)sc2-c2sccc21. The number of nitrogens with one attached hydrogen (secondary N) is 1. The van der Waals surface area contributed by atoms with Crippen LogP contribution in [-0.2, 0) is 6.42 Å². The van der Waals surface area contributed by atoms with E-state index in [1.807, 2.05) is 0 Å². The molecule has 0 fully saturated rings. The lowest BCUT2D eigenvalue weighted by Crippen LogP contribution is -2.32. The lowest BCUT2D eigenvalue weighted by Gasteiger charge is -2.21. The standard InChI is InChI=1S/C24H15F2N3O4S2/c25-16-2-1-3-17(26)20(16)27-23(30)19-12-14-8-10-28(18-9-11-34-22(18)21(14)35-19)24(31)13-4-6-15(7-5-13)29(32)33/h1-7,9,11-12H,8,10H2,(H,27,30)/i4D,5D,6D,7D. The molecule has 0 radical (unpaired) electrons. The number of benzene rings is 2. The summed E-state index contributed by atoms with van der Waals surface area (Å²) >= 11 is 2.33. The van der Waals surface area contributed by atoms with Crippen molar-refractivity contribution in [3.8, 4) is 9.75 Å². The van der Waals surface area contributed by atoms with E-state index in [-0.39, 0.29) is 17.8 Å². The van der Waals surface area contributed by atoms with Gasteiger partial charge in [0.15, 0.2) is 0 Å². The summed E-state index contributed by atoms with van der Waals surface area (Å²) in [4.78, 5) is 39.3. The molecule has 4 aromatic rings. The highest BCUT2D eigenvalue weighted by Gasteiger charge is 2.29. The number of anilines is 2. The van der Waals surface area contributed by atoms with Gasteiger partial charge in [0.05, 0.1) is 30.7 Å². The van der Waals surface area contributed by atoms with Crippen molar-refractivity contribution in [2.24, 2.45) is 0 Å². The van der Waals surface area contributed by atoms with Crippen molar-refractivity contribution in [3.05, 3.63) is 97.6 Å². The van der Waals surface area contributed by atoms with Crippen molar-refractivity contribution in [1.29, 1.82) is 0 Å². The molecule has 1 N–H and O–H groups in total. The van der Waals surface area contributed by atoms with E-state index in [2.05, 4.69) is 5.32 Å². The van der Waals surface area contributed by atoms with Crippen molar-refractivity contribution in [3.63, 3.8) is 0 Å². The number of fused-ring (bicyclic) bond motifs is 3. The van der Waals surface area contributed by atoms with Crippen LogP contribution in [0, 0.1) is 21.7 Å². The summed E-state index contributed by atoms with van der Waals surface area (Å²) < 4.78 is 60.3. The van der Waals surface area contributed by atoms with Gasteiger partial charge in [-0.25, -0.2) is 8.78 Å². The number of thiophene rings is 2. The Bertz CT molecular complexity index is 1660. The first-order valence-electron chi connectivity index (χ1n) is 12.0. The molecule has 2 aromatic carbocycles. The molecule has 7 nitrogen and oxygen atoms in total. The minimum atomic E-state index is -1.02. The lowest BCUT2D eigenvalue weighted by atomic mass is 10.1. The topological polar surface area (TPSA) is 92.6 Å². The second-order valence-corrected chi connectivity index (χ2v) is 9.31. The number of carbonyl (C=O) groups excluding carboxylic acids is 2. The fourth-order valence-electron chi connectivity index (χ4n) is 3.60. The molecule has 0 atom stereocenters. The Hall–Kier alpha value is -3.96. The molecule has 0 spiro atoms. The molecule has 35 heavy (non-hydrogen) atoms. The maximum atomic E-state index is 14.0. The van der Waals surface area contributed by atoms with Crippen LogP contribution in [-0.4, -0.2) is 23.3 Å². The number of nitrogens with zero attached hydrogens (tertiary/aromatic N) is 2. The fraction of sp³-hybridized carbons (Fsp3) is 0.0833. The predicted molar refractivity (Wildman–Crippen MR) is 130 cm³/mol. The Morgan fingerprint density at radius 2 is 1.83 bits per heavy atom. The fourth-order valence-corrected chi connectivity index (χ4v) is 5.79. The van der Waals surface area contributed by atoms with Gasteiger partial charge >= 0.3 is 0 Å². The van der Waals surface area contributed by atoms with Crippen LogP contribution in [0.15, 0.2) is 59.9 Å². The van der Waals surface area contributed by atoms with Crippen LogP contribution in [0.1, 0.15) is 31.1 Å². The summed E-state index contributed by atoms with van der Waals surface area (Å²) in [5.74, 6) is -3.41. The molecule has 0 saturated heterocycles. The Kier molecular flexibility index (Phi) is 4.73. The molecule has 0 unspecified atom stereocenters. The van der Waals surface area contributed by atoms with E-state index in [1.54, 1.807) is 17.5 Å². The van der Waals surface area contributed by atoms with Gasteiger partial charge in [0.1, 0.15) is 17.3 Å². The maximum Gasteiger partial charge on any atom is 0.269 e. The van der Waals surface area contributed by atoms with Gasteiger partial charge in [0, 0.05) is 24.2 Å². The van der Waals surface area contributed by atoms with Crippen molar-refractivity contribution in [2.75, 3.05) is 16.8 Å². The van der Waals surface area contributed by atoms with Gasteiger partial charge in [-0.15, -0.1) is 22.7 Å². The molecule has 3 heterocycles. The van der Waals surface area contributed by atoms with Crippen LogP contribution in [0.3, 0.4) is 0 Å². The summed E-state index contributed by atoms with van der Waals surface area (Å²) in [5.41, 5.74) is -1.10. The van der Waals surface area contributed by atoms with Gasteiger partial charge in [-0.1, -0.05) is 6.07 Å². The minimum absolute atomic E-state index is 0.0336. The van der Waals surface area contributed by atoms with Gasteiger partial charge in [-0.05, 0) is 53.7 Å². The van der Waals surface area contributed by atoms with E-state index < -0.39 is 69.5 Å². The summed E-state index contributed by atoms with van der Waals surface area (Å²) in [6.45, 7) is 0.0336. The van der Waals surface area contributed by atoms with Gasteiger partial charge in [-0.2, -0.15) is 0 Å². The van der Waals surface area contributed by atoms with Crippen LogP contribution in [0.5, 0.6) is 0 Å². The van der Waals surface area contributed by atoms with E-state index in [9.17, 15) is 28.5 Å². The first kappa shape index (κ1) is 18.4. The molecule has 1 aliphatic rings. The van der Waals surface area contributed by atoms with Gasteiger partial charge in [0.2, 0.25) is 0 Å². The van der Waals surface area contributed by atoms with E-state index >= 15 is 0 Å². The number of amides is 2.